The maximum Gasteiger partial charge on any atom is 0.389 e. The molecule has 0 atom stereocenters. The number of aromatic nitrogens is 2. The molecule has 8 heteroatoms. The molecule has 26 heavy (non-hydrogen) atoms. The van der Waals surface area contributed by atoms with Crippen molar-refractivity contribution in [2.75, 3.05) is 18.4 Å². The number of piperidine rings is 1. The highest BCUT2D eigenvalue weighted by Crippen LogP contribution is 2.29. The van der Waals surface area contributed by atoms with E-state index in [-0.39, 0.29) is 12.3 Å². The molecule has 1 aromatic carbocycles. The standard InChI is InChI=1S/C18H21F3N4O/c19-18(20,21)7-6-14-2-4-15(5-3-14)24-16(26)17(8-11-22-12-9-17)25-13-1-10-23-25/h1-5,10,13,22H,6-9,11-12H2,(H,24,26). The normalized spacial score (nSPS) is 17.0. The van der Waals surface area contributed by atoms with Gasteiger partial charge in [-0.15, -0.1) is 0 Å². The molecule has 1 saturated heterocycles. The Morgan fingerprint density at radius 1 is 1.23 bits per heavy atom. The molecule has 0 aliphatic carbocycles. The Labute approximate surface area is 149 Å². The maximum atomic E-state index is 13.0. The van der Waals surface area contributed by atoms with Crippen LogP contribution in [0, 0.1) is 0 Å². The lowest BCUT2D eigenvalue weighted by molar-refractivity contribution is -0.134. The highest BCUT2D eigenvalue weighted by molar-refractivity contribution is 5.96. The number of alkyl halides is 3. The summed E-state index contributed by atoms with van der Waals surface area (Å²) in [4.78, 5) is 13.0. The van der Waals surface area contributed by atoms with Crippen LogP contribution in [0.5, 0.6) is 0 Å². The number of carbonyl (C=O) groups excluding carboxylic acids is 1. The van der Waals surface area contributed by atoms with Crippen molar-refractivity contribution in [3.63, 3.8) is 0 Å². The largest absolute Gasteiger partial charge is 0.389 e. The predicted octanol–water partition coefficient (Wildman–Crippen LogP) is 3.10. The third-order valence-corrected chi connectivity index (χ3v) is 4.71. The van der Waals surface area contributed by atoms with Crippen LogP contribution in [-0.2, 0) is 16.8 Å². The smallest absolute Gasteiger partial charge is 0.324 e. The summed E-state index contributed by atoms with van der Waals surface area (Å²) in [6.45, 7) is 1.42. The second-order valence-electron chi connectivity index (χ2n) is 6.50. The van der Waals surface area contributed by atoms with E-state index in [0.717, 1.165) is 0 Å². The van der Waals surface area contributed by atoms with Gasteiger partial charge in [-0.1, -0.05) is 12.1 Å². The number of anilines is 1. The van der Waals surface area contributed by atoms with E-state index < -0.39 is 18.1 Å². The van der Waals surface area contributed by atoms with Gasteiger partial charge in [0, 0.05) is 24.5 Å². The summed E-state index contributed by atoms with van der Waals surface area (Å²) in [5.74, 6) is -0.161. The van der Waals surface area contributed by atoms with Crippen LogP contribution in [-0.4, -0.2) is 35.0 Å². The van der Waals surface area contributed by atoms with Gasteiger partial charge in [-0.2, -0.15) is 18.3 Å². The Morgan fingerprint density at radius 3 is 2.50 bits per heavy atom. The van der Waals surface area contributed by atoms with Gasteiger partial charge in [0.2, 0.25) is 0 Å². The predicted molar refractivity (Wildman–Crippen MR) is 91.8 cm³/mol. The molecule has 1 amide bonds. The molecule has 3 rings (SSSR count). The molecule has 0 bridgehead atoms. The average Bonchev–Trinajstić information content (AvgIpc) is 3.16. The Bertz CT molecular complexity index is 720. The van der Waals surface area contributed by atoms with Crippen LogP contribution in [0.4, 0.5) is 18.9 Å². The zero-order chi connectivity index (χ0) is 18.6. The number of rotatable bonds is 5. The van der Waals surface area contributed by atoms with Crippen LogP contribution in [0.3, 0.4) is 0 Å². The molecule has 5 nitrogen and oxygen atoms in total. The van der Waals surface area contributed by atoms with Crippen molar-refractivity contribution >= 4 is 11.6 Å². The van der Waals surface area contributed by atoms with E-state index in [4.69, 9.17) is 0 Å². The molecule has 0 unspecified atom stereocenters. The second kappa shape index (κ2) is 7.49. The van der Waals surface area contributed by atoms with Crippen molar-refractivity contribution < 1.29 is 18.0 Å². The molecule has 0 spiro atoms. The molecule has 1 aromatic heterocycles. The molecule has 1 fully saturated rings. The number of hydrogen-bond acceptors (Lipinski definition) is 3. The lowest BCUT2D eigenvalue weighted by atomic mass is 9.87. The van der Waals surface area contributed by atoms with Gasteiger partial charge in [-0.05, 0) is 56.1 Å². The van der Waals surface area contributed by atoms with Gasteiger partial charge < -0.3 is 10.6 Å². The zero-order valence-corrected chi connectivity index (χ0v) is 14.2. The van der Waals surface area contributed by atoms with E-state index in [2.05, 4.69) is 15.7 Å². The zero-order valence-electron chi connectivity index (χ0n) is 14.2. The molecule has 1 aliphatic heterocycles. The van der Waals surface area contributed by atoms with E-state index in [1.54, 1.807) is 47.4 Å². The van der Waals surface area contributed by atoms with Crippen molar-refractivity contribution in [3.05, 3.63) is 48.3 Å². The molecule has 0 radical (unpaired) electrons. The fourth-order valence-electron chi connectivity index (χ4n) is 3.21. The number of nitrogens with zero attached hydrogens (tertiary/aromatic N) is 2. The summed E-state index contributed by atoms with van der Waals surface area (Å²) in [7, 11) is 0. The van der Waals surface area contributed by atoms with Gasteiger partial charge in [-0.3, -0.25) is 9.48 Å². The summed E-state index contributed by atoms with van der Waals surface area (Å²) in [6.07, 6.45) is -0.432. The number of amides is 1. The minimum Gasteiger partial charge on any atom is -0.324 e. The van der Waals surface area contributed by atoms with Crippen LogP contribution in [0.1, 0.15) is 24.8 Å². The Balaban J connectivity index is 1.70. The third kappa shape index (κ3) is 4.24. The quantitative estimate of drug-likeness (QED) is 0.855. The summed E-state index contributed by atoms with van der Waals surface area (Å²) >= 11 is 0. The first-order chi connectivity index (χ1) is 12.4. The summed E-state index contributed by atoms with van der Waals surface area (Å²) in [5, 5.41) is 10.4. The van der Waals surface area contributed by atoms with Gasteiger partial charge in [0.05, 0.1) is 0 Å². The average molecular weight is 366 g/mol. The number of benzene rings is 1. The molecule has 2 N–H and O–H groups in total. The van der Waals surface area contributed by atoms with Crippen molar-refractivity contribution in [2.24, 2.45) is 0 Å². The van der Waals surface area contributed by atoms with Crippen LogP contribution < -0.4 is 10.6 Å². The van der Waals surface area contributed by atoms with Crippen molar-refractivity contribution in [1.29, 1.82) is 0 Å². The molecule has 2 aromatic rings. The molecular formula is C18H21F3N4O. The van der Waals surface area contributed by atoms with E-state index >= 15 is 0 Å². The Kier molecular flexibility index (Phi) is 5.31. The maximum absolute atomic E-state index is 13.0. The molecule has 2 heterocycles. The number of carbonyl (C=O) groups is 1. The minimum absolute atomic E-state index is 0.0688. The SMILES string of the molecule is O=C(Nc1ccc(CCC(F)(F)F)cc1)C1(n2cccn2)CCNCC1. The van der Waals surface area contributed by atoms with Gasteiger partial charge in [0.1, 0.15) is 5.54 Å². The highest BCUT2D eigenvalue weighted by atomic mass is 19.4. The molecule has 140 valence electrons. The van der Waals surface area contributed by atoms with Crippen LogP contribution in [0.2, 0.25) is 0 Å². The van der Waals surface area contributed by atoms with Crippen molar-refractivity contribution in [3.8, 4) is 0 Å². The first-order valence-electron chi connectivity index (χ1n) is 8.57. The highest BCUT2D eigenvalue weighted by Gasteiger charge is 2.42. The lowest BCUT2D eigenvalue weighted by Crippen LogP contribution is -2.52. The fourth-order valence-corrected chi connectivity index (χ4v) is 3.21. The molecule has 1 aliphatic rings. The van der Waals surface area contributed by atoms with Gasteiger partial charge in [0.15, 0.2) is 0 Å². The van der Waals surface area contributed by atoms with Crippen LogP contribution in [0.15, 0.2) is 42.7 Å². The number of nitrogens with one attached hydrogen (secondary N) is 2. The Morgan fingerprint density at radius 2 is 1.92 bits per heavy atom. The van der Waals surface area contributed by atoms with E-state index in [1.165, 1.54) is 0 Å². The van der Waals surface area contributed by atoms with Crippen molar-refractivity contribution in [1.82, 2.24) is 15.1 Å². The van der Waals surface area contributed by atoms with E-state index in [0.29, 0.717) is 37.2 Å². The van der Waals surface area contributed by atoms with Crippen molar-refractivity contribution in [2.45, 2.75) is 37.4 Å². The van der Waals surface area contributed by atoms with Gasteiger partial charge >= 0.3 is 6.18 Å². The topological polar surface area (TPSA) is 59.0 Å². The fraction of sp³-hybridized carbons (Fsp3) is 0.444. The molecule has 0 saturated carbocycles. The van der Waals surface area contributed by atoms with Gasteiger partial charge in [-0.25, -0.2) is 0 Å². The lowest BCUT2D eigenvalue weighted by Gasteiger charge is -2.36. The van der Waals surface area contributed by atoms with E-state index in [9.17, 15) is 18.0 Å². The van der Waals surface area contributed by atoms with Crippen LogP contribution in [0.25, 0.3) is 0 Å². The number of halogens is 3. The first-order valence-corrected chi connectivity index (χ1v) is 8.57. The number of aryl methyl sites for hydroxylation is 1. The minimum atomic E-state index is -4.17. The van der Waals surface area contributed by atoms with Gasteiger partial charge in [0.25, 0.3) is 5.91 Å². The second-order valence-corrected chi connectivity index (χ2v) is 6.50. The summed E-state index contributed by atoms with van der Waals surface area (Å²) in [6, 6.07) is 8.30. The van der Waals surface area contributed by atoms with E-state index in [1.807, 2.05) is 0 Å². The summed E-state index contributed by atoms with van der Waals surface area (Å²) in [5.41, 5.74) is 0.392. The Hall–Kier alpha value is -2.35. The third-order valence-electron chi connectivity index (χ3n) is 4.71. The van der Waals surface area contributed by atoms with Crippen LogP contribution >= 0.6 is 0 Å². The monoisotopic (exact) mass is 366 g/mol. The number of hydrogen-bond donors (Lipinski definition) is 2. The molecular weight excluding hydrogens is 345 g/mol. The summed E-state index contributed by atoms with van der Waals surface area (Å²) < 4.78 is 38.6. The first kappa shape index (κ1) is 18.4.